The topological polar surface area (TPSA) is 684 Å². The van der Waals surface area contributed by atoms with Gasteiger partial charge in [-0.25, -0.2) is 94.1 Å². The number of hydrogen-bond acceptors (Lipinski definition) is 37. The number of rotatable bonds is 30. The summed E-state index contributed by atoms with van der Waals surface area (Å²) >= 11 is 0. The lowest BCUT2D eigenvalue weighted by Gasteiger charge is -2.22. The summed E-state index contributed by atoms with van der Waals surface area (Å²) in [5, 5.41) is 59.4. The van der Waals surface area contributed by atoms with E-state index in [-0.39, 0.29) is 79.3 Å². The van der Waals surface area contributed by atoms with E-state index in [0.717, 1.165) is 29.1 Å². The molecule has 0 radical (unpaired) electrons. The first-order valence-electron chi connectivity index (χ1n) is 37.9. The fourth-order valence-corrected chi connectivity index (χ4v) is 14.1. The summed E-state index contributed by atoms with van der Waals surface area (Å²) in [6, 6.07) is 58.8. The molecule has 25 N–H and O–H groups in total. The van der Waals surface area contributed by atoms with Gasteiger partial charge in [0.15, 0.2) is 23.3 Å². The van der Waals surface area contributed by atoms with Crippen LogP contribution in [-0.4, -0.2) is 153 Å². The second-order valence-corrected chi connectivity index (χ2v) is 33.2. The third-order valence-corrected chi connectivity index (χ3v) is 21.9. The molecule has 0 saturated carbocycles. The lowest BCUT2D eigenvalue weighted by molar-refractivity contribution is 0.596. The highest BCUT2D eigenvalue weighted by molar-refractivity contribution is 7.90. The van der Waals surface area contributed by atoms with Gasteiger partial charge >= 0.3 is 0 Å². The quantitative estimate of drug-likeness (QED) is 0.0231. The minimum Gasteiger partial charge on any atom is -0.373 e. The monoisotopic (exact) mass is 1790 g/mol. The molecule has 0 aliphatic carbocycles. The molecule has 0 spiro atoms. The highest BCUT2D eigenvalue weighted by atomic mass is 32.2. The Morgan fingerprint density at radius 3 is 1.13 bits per heavy atom. The van der Waals surface area contributed by atoms with Gasteiger partial charge in [-0.1, -0.05) is 97.9 Å². The predicted octanol–water partition coefficient (Wildman–Crippen LogP) is 6.43. The fourth-order valence-electron chi connectivity index (χ4n) is 12.0. The van der Waals surface area contributed by atoms with Crippen molar-refractivity contribution in [3.63, 3.8) is 0 Å². The van der Waals surface area contributed by atoms with Crippen LogP contribution in [0.5, 0.6) is 0 Å². The van der Waals surface area contributed by atoms with Gasteiger partial charge in [0.1, 0.15) is 48.6 Å². The lowest BCUT2D eigenvalue weighted by atomic mass is 10.0. The number of aromatic nitrogens is 20. The number of nitrogen functional groups attached to an aromatic ring is 4. The van der Waals surface area contributed by atoms with Gasteiger partial charge in [-0.15, -0.1) is 20.4 Å². The molecule has 0 unspecified atom stereocenters. The summed E-state index contributed by atoms with van der Waals surface area (Å²) in [6.45, 7) is 8.01. The van der Waals surface area contributed by atoms with Crippen molar-refractivity contribution in [1.29, 1.82) is 0 Å². The average Bonchev–Trinajstić information content (AvgIpc) is 1.68. The van der Waals surface area contributed by atoms with E-state index in [2.05, 4.69) is 141 Å². The minimum absolute atomic E-state index is 0.000472. The van der Waals surface area contributed by atoms with Crippen molar-refractivity contribution < 1.29 is 33.7 Å². The molecule has 0 fully saturated rings. The number of nitrogens with two attached hydrogens (primary N) is 9. The molecule has 652 valence electrons. The van der Waals surface area contributed by atoms with Crippen LogP contribution >= 0.6 is 0 Å². The van der Waals surface area contributed by atoms with Crippen LogP contribution in [-0.2, 0) is 53.1 Å². The summed E-state index contributed by atoms with van der Waals surface area (Å²) < 4.78 is 96.6. The molecule has 45 nitrogen and oxygen atoms in total. The van der Waals surface area contributed by atoms with Crippen LogP contribution in [0.2, 0.25) is 0 Å². The van der Waals surface area contributed by atoms with E-state index < -0.39 is 40.1 Å². The first-order valence-corrected chi connectivity index (χ1v) is 44.1. The van der Waals surface area contributed by atoms with Crippen LogP contribution < -0.4 is 91.3 Å². The Labute approximate surface area is 722 Å². The predicted molar refractivity (Wildman–Crippen MR) is 477 cm³/mol. The van der Waals surface area contributed by atoms with Gasteiger partial charge < -0.3 is 70.8 Å². The molecule has 0 aliphatic heterocycles. The Morgan fingerprint density at radius 1 is 0.405 bits per heavy atom. The van der Waals surface area contributed by atoms with Crippen molar-refractivity contribution in [3.8, 4) is 23.3 Å². The Hall–Kier alpha value is -15.4. The van der Waals surface area contributed by atoms with Crippen LogP contribution in [0.3, 0.4) is 0 Å². The lowest BCUT2D eigenvalue weighted by Crippen LogP contribution is -2.23. The van der Waals surface area contributed by atoms with Gasteiger partial charge in [0.05, 0.1) is 25.6 Å². The third-order valence-electron chi connectivity index (χ3n) is 18.2. The number of primary sulfonamides is 4. The van der Waals surface area contributed by atoms with E-state index in [1.165, 1.54) is 98.1 Å². The first-order chi connectivity index (χ1) is 60.3. The van der Waals surface area contributed by atoms with Crippen LogP contribution in [0.4, 0.5) is 93.6 Å². The number of sulfonamides is 4. The Bertz CT molecular complexity index is 6690. The van der Waals surface area contributed by atoms with Crippen molar-refractivity contribution in [2.45, 2.75) is 71.8 Å². The SMILES string of the molecule is CCN(Cc1ccccc1)c1cc(-n2nc(Nc3ccc(S(N)(=O)=O)cc3)nc2N)ncn1.CCc1c(NC)ncnc1-n1nc(Nc2ccc(S(N)(=O)=O)cc2)nc1N.C[C@H](Nc1cc(-n2nc(Nc3ccc(S(N)(=O)=O)cc3)nc2N)ncn1)c1ccccc1.NCC[C@@H](Nc1cc(-n2nc(Nc3ccc(S(N)(=O)=O)cc3)nc2N)ncn1)c1ccccc1. The molecule has 0 aliphatic rings. The van der Waals surface area contributed by atoms with E-state index in [4.69, 9.17) is 49.2 Å². The van der Waals surface area contributed by atoms with E-state index in [0.29, 0.717) is 89.4 Å². The van der Waals surface area contributed by atoms with Crippen LogP contribution in [0.1, 0.15) is 61.5 Å². The molecular weight excluding hydrogens is 1700 g/mol. The minimum atomic E-state index is -3.78. The van der Waals surface area contributed by atoms with Gasteiger partial charge in [0.2, 0.25) is 87.7 Å². The zero-order valence-electron chi connectivity index (χ0n) is 67.6. The molecule has 2 atom stereocenters. The normalized spacial score (nSPS) is 11.8. The third kappa shape index (κ3) is 23.9. The molecule has 49 heteroatoms. The summed E-state index contributed by atoms with van der Waals surface area (Å²) in [7, 11) is -13.3. The molecule has 15 aromatic rings. The molecule has 0 bridgehead atoms. The maximum Gasteiger partial charge on any atom is 0.248 e. The number of hydrogen-bond donors (Lipinski definition) is 16. The first kappa shape index (κ1) is 89.9. The van der Waals surface area contributed by atoms with Crippen molar-refractivity contribution in [2.75, 3.05) is 85.2 Å². The second kappa shape index (κ2) is 40.1. The Morgan fingerprint density at radius 2 is 0.754 bits per heavy atom. The van der Waals surface area contributed by atoms with Gasteiger partial charge in [0.25, 0.3) is 0 Å². The van der Waals surface area contributed by atoms with Crippen LogP contribution in [0.25, 0.3) is 23.3 Å². The van der Waals surface area contributed by atoms with E-state index in [1.54, 1.807) is 73.8 Å². The Balaban J connectivity index is 0.000000153. The molecule has 8 aromatic heterocycles. The van der Waals surface area contributed by atoms with Crippen LogP contribution in [0, 0.1) is 0 Å². The molecule has 8 heterocycles. The molecule has 15 rings (SSSR count). The molecule has 7 aromatic carbocycles. The average molecular weight is 1790 g/mol. The second-order valence-electron chi connectivity index (χ2n) is 26.9. The summed E-state index contributed by atoms with van der Waals surface area (Å²) in [5.41, 5.74) is 36.4. The summed E-state index contributed by atoms with van der Waals surface area (Å²) in [5.74, 6) is 5.85. The summed E-state index contributed by atoms with van der Waals surface area (Å²) in [6.07, 6.45) is 7.08. The van der Waals surface area contributed by atoms with E-state index in [9.17, 15) is 33.7 Å². The van der Waals surface area contributed by atoms with Gasteiger partial charge in [0, 0.05) is 72.7 Å². The van der Waals surface area contributed by atoms with Crippen LogP contribution in [0.15, 0.2) is 251 Å². The number of nitrogens with zero attached hydrogens (tertiary/aromatic N) is 21. The van der Waals surface area contributed by atoms with E-state index in [1.807, 2.05) is 92.7 Å². The van der Waals surface area contributed by atoms with Crippen molar-refractivity contribution in [2.24, 2.45) is 26.3 Å². The van der Waals surface area contributed by atoms with Crippen molar-refractivity contribution in [1.82, 2.24) is 98.9 Å². The van der Waals surface area contributed by atoms with Gasteiger partial charge in [-0.2, -0.15) is 38.7 Å². The van der Waals surface area contributed by atoms with E-state index >= 15 is 0 Å². The number of benzene rings is 7. The maximum atomic E-state index is 11.4. The Kier molecular flexibility index (Phi) is 28.6. The molecule has 126 heavy (non-hydrogen) atoms. The molecular formula is C77H87N37O8S4. The maximum absolute atomic E-state index is 11.4. The van der Waals surface area contributed by atoms with Gasteiger partial charge in [-0.3, -0.25) is 0 Å². The van der Waals surface area contributed by atoms with Gasteiger partial charge in [-0.05, 0) is 147 Å². The zero-order chi connectivity index (χ0) is 89.9. The summed E-state index contributed by atoms with van der Waals surface area (Å²) in [4.78, 5) is 53.1. The fraction of sp³-hybridized carbons (Fsp3) is 0.143. The molecule has 0 saturated heterocycles. The number of anilines is 16. The smallest absolute Gasteiger partial charge is 0.248 e. The van der Waals surface area contributed by atoms with Crippen molar-refractivity contribution in [3.05, 3.63) is 254 Å². The molecule has 0 amide bonds. The largest absolute Gasteiger partial charge is 0.373 e. The number of nitrogens with one attached hydrogen (secondary N) is 7. The standard InChI is InChI=1S/C21H24N10O2S.C21H23N9O2S.C20H21N9O2S.C15H19N9O2S/c22-11-10-17(14-4-2-1-3-5-14)28-18-12-19(26-13-25-18)31-20(23)29-21(30-31)27-15-6-8-16(9-7-15)34(24,32)33;1-2-29(13-15-6-4-3-5-7-15)18-12-19(25-14-24-18)30-20(22)27-21(28-30)26-16-8-10-17(11-9-16)33(23,31)32;1-13(14-5-3-2-4-6-14)25-17-11-18(24-12-23-17)29-19(21)27-20(28-29)26-15-7-9-16(10-8-15)32(22,30)31;1-3-11-12(18-2)19-8-20-13(11)24-14(16)22-15(23-24)21-9-4-6-10(7-5-9)27(17,25)26/h1-9,12-13,17H,10-11,22H2,(H2,24,32,33)(H,25,26,28)(H3,23,27,29,30);3-12,14H,2,13H2,1H3,(H2,23,31,32)(H3,22,26,27,28);2-13H,1H3,(H2,22,30,31)(H,23,24,25)(H3,21,26,27,28);4-8H,3H2,1-2H3,(H2,17,25,26)(H,18,19,20)(H3,16,21,22,23)/t17-;;13-;/m1.0./s1. The van der Waals surface area contributed by atoms with Crippen molar-refractivity contribution >= 4 is 134 Å². The highest BCUT2D eigenvalue weighted by Gasteiger charge is 2.22. The zero-order valence-corrected chi connectivity index (χ0v) is 70.9. The highest BCUT2D eigenvalue weighted by Crippen LogP contribution is 2.29.